The van der Waals surface area contributed by atoms with Gasteiger partial charge in [-0.1, -0.05) is 35.3 Å². The summed E-state index contributed by atoms with van der Waals surface area (Å²) in [5, 5.41) is 7.98. The van der Waals surface area contributed by atoms with Crippen LogP contribution in [0.1, 0.15) is 27.6 Å². The Morgan fingerprint density at radius 1 is 1.09 bits per heavy atom. The maximum atomic E-state index is 13.1. The standard InChI is InChI=1S/C23H17Cl2N3O3S/c1-2-31-23(30)14-5-3-8-17(11-14)28-13-18(21(27-28)19-9-10-20(25)32-19)22(29)26-16-7-4-6-15(24)12-16/h3-13H,2H2,1H3,(H,26,29). The van der Waals surface area contributed by atoms with Gasteiger partial charge in [-0.15, -0.1) is 11.3 Å². The summed E-state index contributed by atoms with van der Waals surface area (Å²) in [6.07, 6.45) is 1.62. The summed E-state index contributed by atoms with van der Waals surface area (Å²) < 4.78 is 7.22. The van der Waals surface area contributed by atoms with Crippen LogP contribution in [0.2, 0.25) is 9.36 Å². The average Bonchev–Trinajstić information content (AvgIpc) is 3.40. The second-order valence-corrected chi connectivity index (χ2v) is 8.83. The predicted molar refractivity (Wildman–Crippen MR) is 127 cm³/mol. The van der Waals surface area contributed by atoms with E-state index in [9.17, 15) is 9.59 Å². The normalized spacial score (nSPS) is 10.7. The third-order valence-corrected chi connectivity index (χ3v) is 5.94. The number of halogens is 2. The molecule has 9 heteroatoms. The highest BCUT2D eigenvalue weighted by atomic mass is 35.5. The van der Waals surface area contributed by atoms with Gasteiger partial charge in [-0.2, -0.15) is 5.10 Å². The number of benzene rings is 2. The van der Waals surface area contributed by atoms with Crippen molar-refractivity contribution in [3.8, 4) is 16.3 Å². The maximum Gasteiger partial charge on any atom is 0.338 e. The van der Waals surface area contributed by atoms with Crippen molar-refractivity contribution in [2.45, 2.75) is 6.92 Å². The summed E-state index contributed by atoms with van der Waals surface area (Å²) in [6.45, 7) is 2.03. The van der Waals surface area contributed by atoms with Crippen LogP contribution in [0.15, 0.2) is 66.9 Å². The van der Waals surface area contributed by atoms with E-state index in [0.29, 0.717) is 37.6 Å². The predicted octanol–water partition coefficient (Wildman–Crippen LogP) is 6.34. The Bertz CT molecular complexity index is 1300. The molecule has 0 atom stereocenters. The van der Waals surface area contributed by atoms with Crippen molar-refractivity contribution >= 4 is 52.1 Å². The number of rotatable bonds is 6. The van der Waals surface area contributed by atoms with Gasteiger partial charge in [-0.05, 0) is 55.5 Å². The molecule has 1 N–H and O–H groups in total. The molecule has 0 fully saturated rings. The van der Waals surface area contributed by atoms with Gasteiger partial charge >= 0.3 is 5.97 Å². The Hall–Kier alpha value is -3.13. The monoisotopic (exact) mass is 485 g/mol. The number of anilines is 1. The lowest BCUT2D eigenvalue weighted by molar-refractivity contribution is 0.0526. The molecule has 4 aromatic rings. The zero-order valence-electron chi connectivity index (χ0n) is 16.8. The van der Waals surface area contributed by atoms with E-state index in [1.807, 2.05) is 6.07 Å². The van der Waals surface area contributed by atoms with Gasteiger partial charge in [-0.3, -0.25) is 4.79 Å². The molecule has 0 aliphatic carbocycles. The van der Waals surface area contributed by atoms with Crippen molar-refractivity contribution in [2.24, 2.45) is 0 Å². The van der Waals surface area contributed by atoms with E-state index in [1.165, 1.54) is 11.3 Å². The Labute approximate surface area is 198 Å². The topological polar surface area (TPSA) is 73.2 Å². The number of nitrogens with one attached hydrogen (secondary N) is 1. The van der Waals surface area contributed by atoms with Gasteiger partial charge in [0.05, 0.1) is 32.6 Å². The first-order chi connectivity index (χ1) is 15.4. The first kappa shape index (κ1) is 22.1. The highest BCUT2D eigenvalue weighted by Gasteiger charge is 2.21. The molecule has 0 saturated carbocycles. The van der Waals surface area contributed by atoms with E-state index in [-0.39, 0.29) is 12.5 Å². The maximum absolute atomic E-state index is 13.1. The highest BCUT2D eigenvalue weighted by Crippen LogP contribution is 2.33. The second-order valence-electron chi connectivity index (χ2n) is 6.67. The van der Waals surface area contributed by atoms with Crippen LogP contribution in [-0.2, 0) is 4.74 Å². The third kappa shape index (κ3) is 4.85. The first-order valence-electron chi connectivity index (χ1n) is 9.64. The van der Waals surface area contributed by atoms with Gasteiger partial charge < -0.3 is 10.1 Å². The largest absolute Gasteiger partial charge is 0.462 e. The summed E-state index contributed by atoms with van der Waals surface area (Å²) in [6, 6.07) is 17.3. The highest BCUT2D eigenvalue weighted by molar-refractivity contribution is 7.19. The lowest BCUT2D eigenvalue weighted by atomic mass is 10.2. The zero-order valence-corrected chi connectivity index (χ0v) is 19.2. The Morgan fingerprint density at radius 2 is 1.91 bits per heavy atom. The molecular formula is C23H17Cl2N3O3S. The molecule has 0 unspecified atom stereocenters. The number of carbonyl (C=O) groups excluding carboxylic acids is 2. The van der Waals surface area contributed by atoms with Gasteiger partial charge in [-0.25, -0.2) is 9.48 Å². The number of carbonyl (C=O) groups is 2. The molecule has 162 valence electrons. The lowest BCUT2D eigenvalue weighted by Crippen LogP contribution is -2.12. The minimum Gasteiger partial charge on any atom is -0.462 e. The smallest absolute Gasteiger partial charge is 0.338 e. The van der Waals surface area contributed by atoms with Crippen LogP contribution in [0.5, 0.6) is 0 Å². The fourth-order valence-corrected chi connectivity index (χ4v) is 4.28. The fraction of sp³-hybridized carbons (Fsp3) is 0.0870. The Kier molecular flexibility index (Phi) is 6.60. The molecule has 1 amide bonds. The van der Waals surface area contributed by atoms with E-state index in [4.69, 9.17) is 27.9 Å². The fourth-order valence-electron chi connectivity index (χ4n) is 3.05. The molecule has 0 radical (unpaired) electrons. The van der Waals surface area contributed by atoms with E-state index >= 15 is 0 Å². The molecule has 6 nitrogen and oxygen atoms in total. The summed E-state index contributed by atoms with van der Waals surface area (Å²) in [5.41, 5.74) is 2.40. The summed E-state index contributed by atoms with van der Waals surface area (Å²) in [7, 11) is 0. The molecule has 4 rings (SSSR count). The number of thiophene rings is 1. The lowest BCUT2D eigenvalue weighted by Gasteiger charge is -2.05. The van der Waals surface area contributed by atoms with E-state index < -0.39 is 5.97 Å². The number of nitrogens with zero attached hydrogens (tertiary/aromatic N) is 2. The molecule has 2 aromatic carbocycles. The van der Waals surface area contributed by atoms with Crippen LogP contribution in [0.3, 0.4) is 0 Å². The number of aromatic nitrogens is 2. The first-order valence-corrected chi connectivity index (χ1v) is 11.2. The van der Waals surface area contributed by atoms with Crippen LogP contribution in [0.4, 0.5) is 5.69 Å². The van der Waals surface area contributed by atoms with Gasteiger partial charge in [0, 0.05) is 16.9 Å². The van der Waals surface area contributed by atoms with Gasteiger partial charge in [0.15, 0.2) is 0 Å². The molecule has 0 aliphatic heterocycles. The Morgan fingerprint density at radius 3 is 2.62 bits per heavy atom. The van der Waals surface area contributed by atoms with Gasteiger partial charge in [0.2, 0.25) is 0 Å². The van der Waals surface area contributed by atoms with E-state index in [2.05, 4.69) is 10.4 Å². The van der Waals surface area contributed by atoms with Crippen molar-refractivity contribution in [1.82, 2.24) is 9.78 Å². The number of hydrogen-bond acceptors (Lipinski definition) is 5. The molecule has 0 saturated heterocycles. The van der Waals surface area contributed by atoms with E-state index in [0.717, 1.165) is 4.88 Å². The van der Waals surface area contributed by atoms with Crippen molar-refractivity contribution in [2.75, 3.05) is 11.9 Å². The van der Waals surface area contributed by atoms with Gasteiger partial charge in [0.1, 0.15) is 5.69 Å². The van der Waals surface area contributed by atoms with Crippen LogP contribution in [0, 0.1) is 0 Å². The van der Waals surface area contributed by atoms with Crippen LogP contribution in [0.25, 0.3) is 16.3 Å². The number of ether oxygens (including phenoxy) is 1. The van der Waals surface area contributed by atoms with Gasteiger partial charge in [0.25, 0.3) is 5.91 Å². The molecule has 2 heterocycles. The van der Waals surface area contributed by atoms with Crippen molar-refractivity contribution in [3.63, 3.8) is 0 Å². The average molecular weight is 486 g/mol. The molecular weight excluding hydrogens is 469 g/mol. The number of esters is 1. The summed E-state index contributed by atoms with van der Waals surface area (Å²) in [4.78, 5) is 26.0. The summed E-state index contributed by atoms with van der Waals surface area (Å²) >= 11 is 13.5. The molecule has 32 heavy (non-hydrogen) atoms. The van der Waals surface area contributed by atoms with Crippen molar-refractivity contribution < 1.29 is 14.3 Å². The van der Waals surface area contributed by atoms with Crippen molar-refractivity contribution in [1.29, 1.82) is 0 Å². The van der Waals surface area contributed by atoms with Crippen molar-refractivity contribution in [3.05, 3.63) is 87.3 Å². The Balaban J connectivity index is 1.74. The van der Waals surface area contributed by atoms with Crippen LogP contribution in [-0.4, -0.2) is 28.3 Å². The van der Waals surface area contributed by atoms with Crippen LogP contribution < -0.4 is 5.32 Å². The SMILES string of the molecule is CCOC(=O)c1cccc(-n2cc(C(=O)Nc3cccc(Cl)c3)c(-c3ccc(Cl)s3)n2)c1. The minimum atomic E-state index is -0.425. The quantitative estimate of drug-likeness (QED) is 0.323. The second kappa shape index (κ2) is 9.56. The summed E-state index contributed by atoms with van der Waals surface area (Å²) in [5.74, 6) is -0.773. The molecule has 0 aliphatic rings. The van der Waals surface area contributed by atoms with Crippen LogP contribution >= 0.6 is 34.5 Å². The number of amides is 1. The number of hydrogen-bond donors (Lipinski definition) is 1. The molecule has 2 aromatic heterocycles. The zero-order chi connectivity index (χ0) is 22.7. The minimum absolute atomic E-state index is 0.280. The molecule has 0 spiro atoms. The molecule has 0 bridgehead atoms. The third-order valence-electron chi connectivity index (χ3n) is 4.47. The van der Waals surface area contributed by atoms with E-state index in [1.54, 1.807) is 72.4 Å².